The predicted molar refractivity (Wildman–Crippen MR) is 78.6 cm³/mol. The molecule has 0 aromatic heterocycles. The van der Waals surface area contributed by atoms with Gasteiger partial charge in [0.05, 0.1) is 18.4 Å². The molecule has 0 bridgehead atoms. The fraction of sp³-hybridized carbons (Fsp3) is 0.533. The molecule has 0 spiro atoms. The monoisotopic (exact) mass is 300 g/mol. The van der Waals surface area contributed by atoms with E-state index in [0.717, 1.165) is 33.2 Å². The molecule has 0 unspecified atom stereocenters. The molecule has 0 fully saturated rings. The number of anilines is 1. The highest BCUT2D eigenvalue weighted by molar-refractivity contribution is 5.90. The van der Waals surface area contributed by atoms with Crippen LogP contribution in [0.15, 0.2) is 12.1 Å². The van der Waals surface area contributed by atoms with Crippen molar-refractivity contribution >= 4 is 11.7 Å². The maximum absolute atomic E-state index is 13.9. The Morgan fingerprint density at radius 3 is 2.52 bits per heavy atom. The molecule has 0 aliphatic carbocycles. The Bertz CT molecular complexity index is 481. The number of methoxy groups -OCH3 is 1. The maximum Gasteiger partial charge on any atom is 0.340 e. The quantitative estimate of drug-likeness (QED) is 0.750. The Balaban J connectivity index is 2.68. The molecule has 0 radical (unpaired) electrons. The molecule has 1 rings (SSSR count). The molecule has 6 heteroatoms. The highest BCUT2D eigenvalue weighted by atomic mass is 19.2. The predicted octanol–water partition coefficient (Wildman–Crippen LogP) is 2.90. The third kappa shape index (κ3) is 4.67. The van der Waals surface area contributed by atoms with E-state index in [1.54, 1.807) is 0 Å². The number of halogens is 2. The Labute approximate surface area is 124 Å². The molecule has 1 N–H and O–H groups in total. The van der Waals surface area contributed by atoms with Crippen molar-refractivity contribution in [2.75, 3.05) is 38.6 Å². The number of hydrogen-bond donors (Lipinski definition) is 1. The number of esters is 1. The van der Waals surface area contributed by atoms with Crippen molar-refractivity contribution in [2.24, 2.45) is 0 Å². The third-order valence-electron chi connectivity index (χ3n) is 3.22. The molecule has 0 saturated carbocycles. The molecule has 21 heavy (non-hydrogen) atoms. The smallest absolute Gasteiger partial charge is 0.340 e. The summed E-state index contributed by atoms with van der Waals surface area (Å²) in [5.74, 6) is -3.14. The van der Waals surface area contributed by atoms with Crippen LogP contribution >= 0.6 is 0 Å². The summed E-state index contributed by atoms with van der Waals surface area (Å²) in [5, 5.41) is 2.85. The van der Waals surface area contributed by atoms with Gasteiger partial charge in [-0.1, -0.05) is 13.8 Å². The second-order valence-electron chi connectivity index (χ2n) is 4.64. The van der Waals surface area contributed by atoms with E-state index >= 15 is 0 Å². The standard InChI is InChI=1S/C15H22F2N2O2/c1-4-9-19(5-2)10-8-18-12-7-6-11(15(20)21-3)13(16)14(12)17/h6-7,18H,4-5,8-10H2,1-3H3. The van der Waals surface area contributed by atoms with Gasteiger partial charge in [-0.25, -0.2) is 13.6 Å². The number of hydrogen-bond acceptors (Lipinski definition) is 4. The fourth-order valence-electron chi connectivity index (χ4n) is 2.05. The van der Waals surface area contributed by atoms with Crippen LogP contribution in [0.4, 0.5) is 14.5 Å². The van der Waals surface area contributed by atoms with E-state index in [-0.39, 0.29) is 5.69 Å². The van der Waals surface area contributed by atoms with Gasteiger partial charge in [0.15, 0.2) is 11.6 Å². The van der Waals surface area contributed by atoms with Crippen LogP contribution in [-0.2, 0) is 4.74 Å². The third-order valence-corrected chi connectivity index (χ3v) is 3.22. The van der Waals surface area contributed by atoms with E-state index in [1.807, 2.05) is 0 Å². The second kappa shape index (κ2) is 8.56. The summed E-state index contributed by atoms with van der Waals surface area (Å²) in [6, 6.07) is 2.57. The Kier molecular flexibility index (Phi) is 7.08. The zero-order chi connectivity index (χ0) is 15.8. The lowest BCUT2D eigenvalue weighted by Gasteiger charge is -2.20. The molecular weight excluding hydrogens is 278 g/mol. The first-order chi connectivity index (χ1) is 10.0. The Hall–Kier alpha value is -1.69. The van der Waals surface area contributed by atoms with Crippen LogP contribution in [0.5, 0.6) is 0 Å². The number of carbonyl (C=O) groups is 1. The van der Waals surface area contributed by atoms with Crippen LogP contribution in [0, 0.1) is 11.6 Å². The minimum Gasteiger partial charge on any atom is -0.465 e. The number of rotatable bonds is 8. The highest BCUT2D eigenvalue weighted by Crippen LogP contribution is 2.21. The molecular formula is C15H22F2N2O2. The number of benzene rings is 1. The molecule has 118 valence electrons. The molecule has 0 amide bonds. The van der Waals surface area contributed by atoms with Crippen molar-refractivity contribution in [1.82, 2.24) is 4.90 Å². The van der Waals surface area contributed by atoms with E-state index < -0.39 is 23.2 Å². The van der Waals surface area contributed by atoms with Gasteiger partial charge in [0.1, 0.15) is 0 Å². The van der Waals surface area contributed by atoms with Gasteiger partial charge in [0.25, 0.3) is 0 Å². The van der Waals surface area contributed by atoms with Gasteiger partial charge < -0.3 is 15.0 Å². The molecule has 0 aliphatic heterocycles. The fourth-order valence-corrected chi connectivity index (χ4v) is 2.05. The van der Waals surface area contributed by atoms with E-state index in [0.29, 0.717) is 6.54 Å². The van der Waals surface area contributed by atoms with Gasteiger partial charge in [-0.3, -0.25) is 0 Å². The molecule has 0 aliphatic rings. The summed E-state index contributed by atoms with van der Waals surface area (Å²) in [7, 11) is 1.12. The lowest BCUT2D eigenvalue weighted by Crippen LogP contribution is -2.29. The Morgan fingerprint density at radius 1 is 1.24 bits per heavy atom. The van der Waals surface area contributed by atoms with E-state index in [1.165, 1.54) is 12.1 Å². The highest BCUT2D eigenvalue weighted by Gasteiger charge is 2.18. The summed E-state index contributed by atoms with van der Waals surface area (Å²) in [6.45, 7) is 7.27. The minimum absolute atomic E-state index is 0.0488. The molecule has 1 aromatic rings. The number of nitrogens with one attached hydrogen (secondary N) is 1. The SMILES string of the molecule is CCCN(CC)CCNc1ccc(C(=O)OC)c(F)c1F. The lowest BCUT2D eigenvalue weighted by molar-refractivity contribution is 0.0594. The van der Waals surface area contributed by atoms with Crippen molar-refractivity contribution in [3.8, 4) is 0 Å². The van der Waals surface area contributed by atoms with Crippen LogP contribution in [-0.4, -0.2) is 44.2 Å². The zero-order valence-corrected chi connectivity index (χ0v) is 12.7. The summed E-state index contributed by atoms with van der Waals surface area (Å²) in [6.07, 6.45) is 1.05. The van der Waals surface area contributed by atoms with Crippen LogP contribution in [0.2, 0.25) is 0 Å². The largest absolute Gasteiger partial charge is 0.465 e. The van der Waals surface area contributed by atoms with Crippen molar-refractivity contribution in [3.63, 3.8) is 0 Å². The number of carbonyl (C=O) groups excluding carboxylic acids is 1. The van der Waals surface area contributed by atoms with E-state index in [4.69, 9.17) is 0 Å². The van der Waals surface area contributed by atoms with Crippen molar-refractivity contribution < 1.29 is 18.3 Å². The van der Waals surface area contributed by atoms with Gasteiger partial charge in [-0.05, 0) is 31.6 Å². The van der Waals surface area contributed by atoms with Crippen LogP contribution < -0.4 is 5.32 Å². The first-order valence-electron chi connectivity index (χ1n) is 7.07. The number of likely N-dealkylation sites (N-methyl/N-ethyl adjacent to an activating group) is 1. The summed E-state index contributed by atoms with van der Waals surface area (Å²) in [4.78, 5) is 13.5. The summed E-state index contributed by atoms with van der Waals surface area (Å²) in [5.41, 5.74) is -0.352. The van der Waals surface area contributed by atoms with Crippen molar-refractivity contribution in [1.29, 1.82) is 0 Å². The van der Waals surface area contributed by atoms with Gasteiger partial charge >= 0.3 is 5.97 Å². The second-order valence-corrected chi connectivity index (χ2v) is 4.64. The van der Waals surface area contributed by atoms with Crippen molar-refractivity contribution in [3.05, 3.63) is 29.3 Å². The number of nitrogens with zero attached hydrogens (tertiary/aromatic N) is 1. The molecule has 1 aromatic carbocycles. The van der Waals surface area contributed by atoms with E-state index in [9.17, 15) is 13.6 Å². The maximum atomic E-state index is 13.9. The van der Waals surface area contributed by atoms with Gasteiger partial charge in [0.2, 0.25) is 0 Å². The van der Waals surface area contributed by atoms with Crippen LogP contribution in [0.1, 0.15) is 30.6 Å². The average molecular weight is 300 g/mol. The summed E-state index contributed by atoms with van der Waals surface area (Å²) < 4.78 is 32.0. The normalized spacial score (nSPS) is 10.8. The molecule has 4 nitrogen and oxygen atoms in total. The lowest BCUT2D eigenvalue weighted by atomic mass is 10.2. The Morgan fingerprint density at radius 2 is 1.95 bits per heavy atom. The number of ether oxygens (including phenoxy) is 1. The topological polar surface area (TPSA) is 41.6 Å². The van der Waals surface area contributed by atoms with E-state index in [2.05, 4.69) is 28.8 Å². The van der Waals surface area contributed by atoms with Crippen LogP contribution in [0.3, 0.4) is 0 Å². The van der Waals surface area contributed by atoms with Gasteiger partial charge in [-0.2, -0.15) is 0 Å². The molecule has 0 heterocycles. The van der Waals surface area contributed by atoms with Crippen molar-refractivity contribution in [2.45, 2.75) is 20.3 Å². The minimum atomic E-state index is -1.19. The van der Waals surface area contributed by atoms with Gasteiger partial charge in [-0.15, -0.1) is 0 Å². The average Bonchev–Trinajstić information content (AvgIpc) is 2.49. The molecule has 0 atom stereocenters. The summed E-state index contributed by atoms with van der Waals surface area (Å²) >= 11 is 0. The molecule has 0 saturated heterocycles. The zero-order valence-electron chi connectivity index (χ0n) is 12.7. The first kappa shape index (κ1) is 17.4. The first-order valence-corrected chi connectivity index (χ1v) is 7.07. The van der Waals surface area contributed by atoms with Gasteiger partial charge in [0, 0.05) is 13.1 Å². The van der Waals surface area contributed by atoms with Crippen LogP contribution in [0.25, 0.3) is 0 Å².